The molecule has 0 unspecified atom stereocenters. The average molecular weight is 542 g/mol. The summed E-state index contributed by atoms with van der Waals surface area (Å²) in [5.74, 6) is -0.825. The van der Waals surface area contributed by atoms with Crippen molar-refractivity contribution in [3.05, 3.63) is 70.6 Å². The number of carbonyl (C=O) groups is 3. The zero-order chi connectivity index (χ0) is 27.1. The Kier molecular flexibility index (Phi) is 7.02. The summed E-state index contributed by atoms with van der Waals surface area (Å²) in [6.45, 7) is 0.357. The Morgan fingerprint density at radius 2 is 1.95 bits per heavy atom. The summed E-state index contributed by atoms with van der Waals surface area (Å²) in [6.07, 6.45) is 2.03. The molecular formula is C27H29ClFN5O4. The number of likely N-dealkylation sites (N-methyl/N-ethyl adjacent to an activating group) is 1. The van der Waals surface area contributed by atoms with Crippen LogP contribution in [-0.2, 0) is 16.0 Å². The van der Waals surface area contributed by atoms with Crippen molar-refractivity contribution < 1.29 is 23.6 Å². The van der Waals surface area contributed by atoms with Gasteiger partial charge in [0.15, 0.2) is 0 Å². The van der Waals surface area contributed by atoms with Crippen LogP contribution in [0.1, 0.15) is 30.0 Å². The smallest absolute Gasteiger partial charge is 0.346 e. The molecular weight excluding hydrogens is 513 g/mol. The molecule has 9 nitrogen and oxygen atoms in total. The maximum Gasteiger partial charge on any atom is 0.429 e. The summed E-state index contributed by atoms with van der Waals surface area (Å²) in [5, 5.41) is 3.70. The minimum atomic E-state index is -0.968. The molecule has 3 N–H and O–H groups in total. The summed E-state index contributed by atoms with van der Waals surface area (Å²) in [4.78, 5) is 47.0. The lowest BCUT2D eigenvalue weighted by Crippen LogP contribution is -2.50. The van der Waals surface area contributed by atoms with Gasteiger partial charge in [0, 0.05) is 29.7 Å². The standard InChI is InChI=1S/C27H29ClFN5O4/c1-32(2)14-20(18-7-5-8-19(28)25(18)29)31-26(36)23-11-15-10-22(15)34(23)24(35)12-16-13-33(38-27(30)37)21-9-4-3-6-17(16)21/h3-9,13,15,20,22-23H,10-12,14H2,1-2H3,(H2,30,37)(H,31,36)/t15-,20-,22-,23+/m1/s1. The number of halogens is 2. The molecule has 0 bridgehead atoms. The summed E-state index contributed by atoms with van der Waals surface area (Å²) < 4.78 is 16.1. The van der Waals surface area contributed by atoms with Crippen molar-refractivity contribution in [2.75, 3.05) is 20.6 Å². The lowest BCUT2D eigenvalue weighted by atomic mass is 10.0. The Labute approximate surface area is 224 Å². The topological polar surface area (TPSA) is 110 Å². The first-order valence-corrected chi connectivity index (χ1v) is 12.8. The highest BCUT2D eigenvalue weighted by Crippen LogP contribution is 2.48. The van der Waals surface area contributed by atoms with E-state index < -0.39 is 24.0 Å². The van der Waals surface area contributed by atoms with Crippen molar-refractivity contribution in [2.45, 2.75) is 37.4 Å². The molecule has 1 saturated carbocycles. The number of piperidine rings is 1. The van der Waals surface area contributed by atoms with Gasteiger partial charge in [-0.15, -0.1) is 0 Å². The number of nitrogens with two attached hydrogens (primary N) is 1. The number of para-hydroxylation sites is 1. The number of carbonyl (C=O) groups excluding carboxylic acids is 3. The number of fused-ring (bicyclic) bond motifs is 2. The molecule has 11 heteroatoms. The molecule has 0 spiro atoms. The van der Waals surface area contributed by atoms with E-state index in [-0.39, 0.29) is 35.2 Å². The lowest BCUT2D eigenvalue weighted by Gasteiger charge is -2.30. The van der Waals surface area contributed by atoms with E-state index in [0.29, 0.717) is 29.6 Å². The number of aromatic nitrogens is 1. The largest absolute Gasteiger partial charge is 0.429 e. The van der Waals surface area contributed by atoms with E-state index in [1.54, 1.807) is 35.4 Å². The van der Waals surface area contributed by atoms with Gasteiger partial charge in [-0.2, -0.15) is 4.73 Å². The number of rotatable bonds is 8. The van der Waals surface area contributed by atoms with E-state index in [0.717, 1.165) is 11.8 Å². The highest BCUT2D eigenvalue weighted by molar-refractivity contribution is 6.30. The van der Waals surface area contributed by atoms with E-state index in [4.69, 9.17) is 22.2 Å². The van der Waals surface area contributed by atoms with Crippen LogP contribution >= 0.6 is 11.6 Å². The Morgan fingerprint density at radius 1 is 1.18 bits per heavy atom. The van der Waals surface area contributed by atoms with E-state index in [9.17, 15) is 18.8 Å². The maximum atomic E-state index is 14.8. The Morgan fingerprint density at radius 3 is 2.68 bits per heavy atom. The minimum absolute atomic E-state index is 0.00340. The lowest BCUT2D eigenvalue weighted by molar-refractivity contribution is -0.139. The molecule has 3 amide bonds. The summed E-state index contributed by atoms with van der Waals surface area (Å²) in [6, 6.07) is 10.6. The first-order valence-electron chi connectivity index (χ1n) is 12.4. The van der Waals surface area contributed by atoms with Crippen molar-refractivity contribution >= 4 is 40.4 Å². The van der Waals surface area contributed by atoms with Gasteiger partial charge in [-0.1, -0.05) is 41.9 Å². The number of hydrogen-bond donors (Lipinski definition) is 2. The molecule has 200 valence electrons. The van der Waals surface area contributed by atoms with E-state index in [2.05, 4.69) is 5.32 Å². The van der Waals surface area contributed by atoms with Gasteiger partial charge in [0.2, 0.25) is 11.8 Å². The number of likely N-dealkylation sites (tertiary alicyclic amines) is 1. The van der Waals surface area contributed by atoms with Gasteiger partial charge in [0.05, 0.1) is 23.0 Å². The number of benzene rings is 2. The van der Waals surface area contributed by atoms with Gasteiger partial charge >= 0.3 is 6.09 Å². The van der Waals surface area contributed by atoms with Gasteiger partial charge in [-0.3, -0.25) is 9.59 Å². The van der Waals surface area contributed by atoms with Gasteiger partial charge in [-0.25, -0.2) is 9.18 Å². The SMILES string of the molecule is CN(C)C[C@@H](NC(=O)[C@@H]1C[C@H]2C[C@H]2N1C(=O)Cc1cn(OC(N)=O)c2ccccc12)c1cccc(Cl)c1F. The fraction of sp³-hybridized carbons (Fsp3) is 0.370. The minimum Gasteiger partial charge on any atom is -0.346 e. The van der Waals surface area contributed by atoms with Crippen LogP contribution < -0.4 is 15.9 Å². The van der Waals surface area contributed by atoms with Crippen LogP contribution in [0.3, 0.4) is 0 Å². The molecule has 2 fully saturated rings. The molecule has 2 heterocycles. The summed E-state index contributed by atoms with van der Waals surface area (Å²) in [5.41, 5.74) is 6.74. The molecule has 1 aliphatic carbocycles. The average Bonchev–Trinajstić information content (AvgIpc) is 3.39. The van der Waals surface area contributed by atoms with Crippen LogP contribution in [0, 0.1) is 11.7 Å². The molecule has 1 aromatic heterocycles. The predicted molar refractivity (Wildman–Crippen MR) is 140 cm³/mol. The van der Waals surface area contributed by atoms with Crippen LogP contribution in [0.2, 0.25) is 5.02 Å². The molecule has 38 heavy (non-hydrogen) atoms. The molecule has 3 aromatic rings. The summed E-state index contributed by atoms with van der Waals surface area (Å²) in [7, 11) is 3.67. The first kappa shape index (κ1) is 26.0. The third-order valence-electron chi connectivity index (χ3n) is 7.21. The van der Waals surface area contributed by atoms with E-state index in [1.807, 2.05) is 31.1 Å². The first-order chi connectivity index (χ1) is 18.1. The Bertz CT molecular complexity index is 1410. The van der Waals surface area contributed by atoms with Gasteiger partial charge in [-0.05, 0) is 50.6 Å². The zero-order valence-electron chi connectivity index (χ0n) is 21.1. The zero-order valence-corrected chi connectivity index (χ0v) is 21.8. The second-order valence-corrected chi connectivity index (χ2v) is 10.6. The van der Waals surface area contributed by atoms with Crippen LogP contribution in [-0.4, -0.2) is 65.2 Å². The van der Waals surface area contributed by atoms with Crippen LogP contribution in [0.5, 0.6) is 0 Å². The molecule has 1 aliphatic heterocycles. The highest BCUT2D eigenvalue weighted by Gasteiger charge is 2.56. The fourth-order valence-corrected chi connectivity index (χ4v) is 5.66. The van der Waals surface area contributed by atoms with Crippen molar-refractivity contribution in [3.63, 3.8) is 0 Å². The van der Waals surface area contributed by atoms with Crippen molar-refractivity contribution in [1.29, 1.82) is 0 Å². The third-order valence-corrected chi connectivity index (χ3v) is 7.50. The molecule has 2 aliphatic rings. The Hall–Kier alpha value is -3.63. The molecule has 4 atom stereocenters. The number of primary amides is 1. The maximum absolute atomic E-state index is 14.8. The normalized spacial score (nSPS) is 20.9. The molecule has 5 rings (SSSR count). The van der Waals surface area contributed by atoms with Gasteiger partial charge < -0.3 is 25.7 Å². The van der Waals surface area contributed by atoms with Crippen molar-refractivity contribution in [1.82, 2.24) is 19.8 Å². The van der Waals surface area contributed by atoms with Gasteiger partial charge in [0.25, 0.3) is 0 Å². The van der Waals surface area contributed by atoms with Crippen LogP contribution in [0.15, 0.2) is 48.7 Å². The number of hydrogen-bond acceptors (Lipinski definition) is 5. The number of nitrogens with zero attached hydrogens (tertiary/aromatic N) is 3. The highest BCUT2D eigenvalue weighted by atomic mass is 35.5. The molecule has 0 radical (unpaired) electrons. The van der Waals surface area contributed by atoms with E-state index in [1.165, 1.54) is 10.8 Å². The monoisotopic (exact) mass is 541 g/mol. The second-order valence-electron chi connectivity index (χ2n) is 10.2. The fourth-order valence-electron chi connectivity index (χ4n) is 5.48. The third kappa shape index (κ3) is 5.06. The molecule has 2 aromatic carbocycles. The number of amides is 3. The van der Waals surface area contributed by atoms with Gasteiger partial charge in [0.1, 0.15) is 11.9 Å². The quantitative estimate of drug-likeness (QED) is 0.456. The van der Waals surface area contributed by atoms with Crippen LogP contribution in [0.25, 0.3) is 10.9 Å². The second kappa shape index (κ2) is 10.3. The summed E-state index contributed by atoms with van der Waals surface area (Å²) >= 11 is 6.01. The van der Waals surface area contributed by atoms with Crippen LogP contribution in [0.4, 0.5) is 9.18 Å². The number of nitrogens with one attached hydrogen (secondary N) is 1. The van der Waals surface area contributed by atoms with Crippen molar-refractivity contribution in [3.8, 4) is 0 Å². The molecule has 1 saturated heterocycles. The predicted octanol–water partition coefficient (Wildman–Crippen LogP) is 2.89. The Balaban J connectivity index is 1.37. The van der Waals surface area contributed by atoms with Crippen molar-refractivity contribution in [2.24, 2.45) is 11.7 Å². The van der Waals surface area contributed by atoms with E-state index >= 15 is 0 Å².